The van der Waals surface area contributed by atoms with E-state index in [0.29, 0.717) is 25.3 Å². The van der Waals surface area contributed by atoms with Crippen molar-refractivity contribution in [1.29, 1.82) is 0 Å². The number of hydrogen-bond acceptors (Lipinski definition) is 4. The van der Waals surface area contributed by atoms with Gasteiger partial charge in [-0.25, -0.2) is 9.18 Å². The molecule has 2 N–H and O–H groups in total. The van der Waals surface area contributed by atoms with Crippen LogP contribution in [0.25, 0.3) is 0 Å². The Morgan fingerprint density at radius 1 is 1.36 bits per heavy atom. The Bertz CT molecular complexity index is 625. The molecule has 25 heavy (non-hydrogen) atoms. The fraction of sp³-hybridized carbons (Fsp3) is 0.529. The lowest BCUT2D eigenvalue weighted by Crippen LogP contribution is -2.47. The molecule has 2 amide bonds. The van der Waals surface area contributed by atoms with Crippen LogP contribution in [0.4, 0.5) is 14.9 Å². The van der Waals surface area contributed by atoms with Gasteiger partial charge >= 0.3 is 12.0 Å². The molecule has 0 spiro atoms. The normalized spacial score (nSPS) is 20.2. The number of carbonyl (C=O) groups excluding carboxylic acids is 1. The molecule has 2 atom stereocenters. The van der Waals surface area contributed by atoms with Gasteiger partial charge in [-0.15, -0.1) is 0 Å². The third-order valence-electron chi connectivity index (χ3n) is 4.02. The van der Waals surface area contributed by atoms with E-state index in [0.717, 1.165) is 0 Å². The van der Waals surface area contributed by atoms with E-state index in [9.17, 15) is 19.1 Å². The topological polar surface area (TPSA) is 88.1 Å². The Labute approximate surface area is 145 Å². The number of ether oxygens (including phenoxy) is 2. The number of hydrogen-bond donors (Lipinski definition) is 2. The lowest BCUT2D eigenvalue weighted by molar-refractivity contribution is -0.143. The predicted octanol–water partition coefficient (Wildman–Crippen LogP) is 2.43. The summed E-state index contributed by atoms with van der Waals surface area (Å²) in [6.45, 7) is 3.09. The molecule has 0 radical (unpaired) electrons. The highest BCUT2D eigenvalue weighted by Crippen LogP contribution is 2.27. The van der Waals surface area contributed by atoms with Gasteiger partial charge in [-0.2, -0.15) is 0 Å². The van der Waals surface area contributed by atoms with Gasteiger partial charge in [-0.05, 0) is 24.5 Å². The van der Waals surface area contributed by atoms with E-state index in [1.54, 1.807) is 0 Å². The van der Waals surface area contributed by atoms with Gasteiger partial charge in [0.2, 0.25) is 0 Å². The molecule has 0 bridgehead atoms. The second-order valence-electron chi connectivity index (χ2n) is 6.19. The van der Waals surface area contributed by atoms with Gasteiger partial charge in [0.15, 0.2) is 0 Å². The number of aliphatic carboxylic acids is 1. The number of carbonyl (C=O) groups is 2. The average Bonchev–Trinajstić information content (AvgIpc) is 2.56. The highest BCUT2D eigenvalue weighted by Gasteiger charge is 2.32. The molecule has 7 nitrogen and oxygen atoms in total. The fourth-order valence-electron chi connectivity index (χ4n) is 2.85. The van der Waals surface area contributed by atoms with Crippen LogP contribution < -0.4 is 10.1 Å². The third-order valence-corrected chi connectivity index (χ3v) is 4.02. The van der Waals surface area contributed by atoms with Crippen LogP contribution in [0.1, 0.15) is 13.3 Å². The number of urea groups is 1. The standard InChI is InChI=1S/C17H23FN2O5/c1-11-7-12(16(21)22)10-20(9-11)17(23)19-14-8-13(18)3-4-15(14)25-6-5-24-2/h3-4,8,11-12H,5-7,9-10H2,1-2H3,(H,19,23)(H,21,22). The Morgan fingerprint density at radius 3 is 2.80 bits per heavy atom. The summed E-state index contributed by atoms with van der Waals surface area (Å²) in [6, 6.07) is 3.36. The SMILES string of the molecule is COCCOc1ccc(F)cc1NC(=O)N1CC(C)CC(C(=O)O)C1. The number of rotatable bonds is 6. The van der Waals surface area contributed by atoms with Crippen molar-refractivity contribution in [1.82, 2.24) is 4.90 Å². The summed E-state index contributed by atoms with van der Waals surface area (Å²) in [7, 11) is 1.53. The quantitative estimate of drug-likeness (QED) is 0.766. The molecule has 1 aliphatic rings. The van der Waals surface area contributed by atoms with Crippen LogP contribution >= 0.6 is 0 Å². The Balaban J connectivity index is 2.08. The van der Waals surface area contributed by atoms with Gasteiger partial charge in [0.25, 0.3) is 0 Å². The van der Waals surface area contributed by atoms with Gasteiger partial charge in [0.05, 0.1) is 18.2 Å². The number of nitrogens with zero attached hydrogens (tertiary/aromatic N) is 1. The maximum Gasteiger partial charge on any atom is 0.321 e. The van der Waals surface area contributed by atoms with E-state index >= 15 is 0 Å². The number of methoxy groups -OCH3 is 1. The van der Waals surface area contributed by atoms with Crippen molar-refractivity contribution < 1.29 is 28.6 Å². The summed E-state index contributed by atoms with van der Waals surface area (Å²) in [5, 5.41) is 11.8. The number of nitrogens with one attached hydrogen (secondary N) is 1. The molecular formula is C17H23FN2O5. The zero-order valence-electron chi connectivity index (χ0n) is 14.3. The van der Waals surface area contributed by atoms with Crippen LogP contribution in [0.5, 0.6) is 5.75 Å². The number of amides is 2. The van der Waals surface area contributed by atoms with Gasteiger partial charge in [-0.1, -0.05) is 6.92 Å². The molecule has 2 unspecified atom stereocenters. The van der Waals surface area contributed by atoms with E-state index in [2.05, 4.69) is 5.32 Å². The van der Waals surface area contributed by atoms with Gasteiger partial charge in [0.1, 0.15) is 18.2 Å². The minimum absolute atomic E-state index is 0.0746. The number of anilines is 1. The molecule has 1 saturated heterocycles. The molecule has 1 heterocycles. The van der Waals surface area contributed by atoms with Crippen molar-refractivity contribution in [3.8, 4) is 5.75 Å². The summed E-state index contributed by atoms with van der Waals surface area (Å²) in [5.41, 5.74) is 0.200. The highest BCUT2D eigenvalue weighted by molar-refractivity contribution is 5.91. The van der Waals surface area contributed by atoms with Crippen molar-refractivity contribution in [3.63, 3.8) is 0 Å². The van der Waals surface area contributed by atoms with E-state index in [1.807, 2.05) is 6.92 Å². The first-order valence-corrected chi connectivity index (χ1v) is 8.10. The first-order chi connectivity index (χ1) is 11.9. The van der Waals surface area contributed by atoms with Crippen LogP contribution in [-0.2, 0) is 9.53 Å². The molecule has 0 aromatic heterocycles. The second-order valence-corrected chi connectivity index (χ2v) is 6.19. The largest absolute Gasteiger partial charge is 0.489 e. The maximum atomic E-state index is 13.5. The van der Waals surface area contributed by atoms with E-state index < -0.39 is 23.7 Å². The first-order valence-electron chi connectivity index (χ1n) is 8.10. The molecule has 1 aliphatic heterocycles. The zero-order chi connectivity index (χ0) is 18.4. The maximum absolute atomic E-state index is 13.5. The Morgan fingerprint density at radius 2 is 2.12 bits per heavy atom. The summed E-state index contributed by atoms with van der Waals surface area (Å²) >= 11 is 0. The monoisotopic (exact) mass is 354 g/mol. The third kappa shape index (κ3) is 5.32. The lowest BCUT2D eigenvalue weighted by Gasteiger charge is -2.34. The number of likely N-dealkylation sites (tertiary alicyclic amines) is 1. The Hall–Kier alpha value is -2.35. The van der Waals surface area contributed by atoms with Gasteiger partial charge in [-0.3, -0.25) is 4.79 Å². The fourth-order valence-corrected chi connectivity index (χ4v) is 2.85. The number of benzene rings is 1. The smallest absolute Gasteiger partial charge is 0.321 e. The molecule has 1 aromatic rings. The average molecular weight is 354 g/mol. The predicted molar refractivity (Wildman–Crippen MR) is 89.3 cm³/mol. The van der Waals surface area contributed by atoms with Crippen LogP contribution in [0.3, 0.4) is 0 Å². The highest BCUT2D eigenvalue weighted by atomic mass is 19.1. The van der Waals surface area contributed by atoms with Gasteiger partial charge < -0.3 is 24.8 Å². The summed E-state index contributed by atoms with van der Waals surface area (Å²) in [5.74, 6) is -1.62. The molecule has 0 saturated carbocycles. The molecule has 8 heteroatoms. The molecule has 138 valence electrons. The molecule has 0 aliphatic carbocycles. The second kappa shape index (κ2) is 8.66. The zero-order valence-corrected chi connectivity index (χ0v) is 14.3. The van der Waals surface area contributed by atoms with Crippen LogP contribution in [-0.4, -0.2) is 55.4 Å². The van der Waals surface area contributed by atoms with Crippen molar-refractivity contribution in [2.75, 3.05) is 38.7 Å². The minimum atomic E-state index is -0.918. The van der Waals surface area contributed by atoms with Crippen molar-refractivity contribution in [3.05, 3.63) is 24.0 Å². The van der Waals surface area contributed by atoms with E-state index in [1.165, 1.54) is 30.2 Å². The van der Waals surface area contributed by atoms with Gasteiger partial charge in [0, 0.05) is 26.3 Å². The number of piperidine rings is 1. The number of carboxylic acid groups (broad SMARTS) is 1. The molecular weight excluding hydrogens is 331 g/mol. The van der Waals surface area contributed by atoms with Crippen LogP contribution in [0.15, 0.2) is 18.2 Å². The summed E-state index contributed by atoms with van der Waals surface area (Å²) < 4.78 is 23.9. The molecule has 1 aromatic carbocycles. The summed E-state index contributed by atoms with van der Waals surface area (Å²) in [6.07, 6.45) is 0.532. The molecule has 1 fully saturated rings. The lowest BCUT2D eigenvalue weighted by atomic mass is 9.91. The van der Waals surface area contributed by atoms with Crippen LogP contribution in [0, 0.1) is 17.7 Å². The van der Waals surface area contributed by atoms with Crippen LogP contribution in [0.2, 0.25) is 0 Å². The van der Waals surface area contributed by atoms with Crippen molar-refractivity contribution in [2.24, 2.45) is 11.8 Å². The Kier molecular flexibility index (Phi) is 6.58. The van der Waals surface area contributed by atoms with E-state index in [-0.39, 0.29) is 24.8 Å². The summed E-state index contributed by atoms with van der Waals surface area (Å²) in [4.78, 5) is 25.2. The number of halogens is 1. The molecule has 2 rings (SSSR count). The first kappa shape index (κ1) is 19.0. The minimum Gasteiger partial charge on any atom is -0.489 e. The number of carboxylic acids is 1. The van der Waals surface area contributed by atoms with E-state index in [4.69, 9.17) is 9.47 Å². The van der Waals surface area contributed by atoms with Crippen molar-refractivity contribution in [2.45, 2.75) is 13.3 Å². The van der Waals surface area contributed by atoms with Crippen molar-refractivity contribution >= 4 is 17.7 Å².